The molecule has 2 aromatic carbocycles. The van der Waals surface area contributed by atoms with Gasteiger partial charge in [-0.15, -0.1) is 0 Å². The van der Waals surface area contributed by atoms with Gasteiger partial charge in [-0.1, -0.05) is 6.07 Å². The molecule has 0 saturated carbocycles. The quantitative estimate of drug-likeness (QED) is 0.852. The molecule has 120 valence electrons. The minimum atomic E-state index is -0.0366. The van der Waals surface area contributed by atoms with E-state index >= 15 is 0 Å². The molecule has 3 N–H and O–H groups in total. The number of hydrogen-bond acceptors (Lipinski definition) is 4. The van der Waals surface area contributed by atoms with Gasteiger partial charge in [0.15, 0.2) is 0 Å². The fourth-order valence-corrected chi connectivity index (χ4v) is 2.94. The summed E-state index contributed by atoms with van der Waals surface area (Å²) in [6.07, 6.45) is 1.98. The van der Waals surface area contributed by atoms with Crippen LogP contribution in [0.1, 0.15) is 12.0 Å². The molecule has 23 heavy (non-hydrogen) atoms. The largest absolute Gasteiger partial charge is 0.497 e. The average Bonchev–Trinajstić information content (AvgIpc) is 2.56. The van der Waals surface area contributed by atoms with Crippen molar-refractivity contribution in [3.63, 3.8) is 0 Å². The number of fused-ring (bicyclic) bond motifs is 1. The second-order valence-electron chi connectivity index (χ2n) is 5.65. The van der Waals surface area contributed by atoms with Crippen LogP contribution in [0.15, 0.2) is 42.5 Å². The van der Waals surface area contributed by atoms with E-state index in [4.69, 9.17) is 10.5 Å². The summed E-state index contributed by atoms with van der Waals surface area (Å²) < 4.78 is 5.11. The predicted octanol–water partition coefficient (Wildman–Crippen LogP) is 2.67. The van der Waals surface area contributed by atoms with Crippen molar-refractivity contribution in [2.75, 3.05) is 36.1 Å². The first-order chi connectivity index (χ1) is 11.2. The maximum atomic E-state index is 12.3. The van der Waals surface area contributed by atoms with Gasteiger partial charge in [-0.3, -0.25) is 4.79 Å². The molecule has 0 atom stereocenters. The van der Waals surface area contributed by atoms with Crippen molar-refractivity contribution >= 4 is 23.0 Å². The first-order valence-corrected chi connectivity index (χ1v) is 7.73. The number of hydrogen-bond donors (Lipinski definition) is 2. The highest BCUT2D eigenvalue weighted by Gasteiger charge is 2.20. The molecule has 5 nitrogen and oxygen atoms in total. The number of anilines is 3. The Labute approximate surface area is 136 Å². The van der Waals surface area contributed by atoms with Crippen molar-refractivity contribution in [3.8, 4) is 5.75 Å². The van der Waals surface area contributed by atoms with Gasteiger partial charge in [0.2, 0.25) is 5.91 Å². The zero-order valence-electron chi connectivity index (χ0n) is 13.2. The SMILES string of the molecule is COc1ccc(NC(=O)CN2CCCc3c(N)cccc32)cc1. The second-order valence-corrected chi connectivity index (χ2v) is 5.65. The minimum absolute atomic E-state index is 0.0366. The van der Waals surface area contributed by atoms with Crippen molar-refractivity contribution in [2.24, 2.45) is 0 Å². The van der Waals surface area contributed by atoms with Gasteiger partial charge < -0.3 is 20.7 Å². The highest BCUT2D eigenvalue weighted by Crippen LogP contribution is 2.31. The van der Waals surface area contributed by atoms with E-state index in [1.807, 2.05) is 42.5 Å². The summed E-state index contributed by atoms with van der Waals surface area (Å²) in [5.41, 5.74) is 9.84. The van der Waals surface area contributed by atoms with Gasteiger partial charge in [-0.25, -0.2) is 0 Å². The van der Waals surface area contributed by atoms with E-state index < -0.39 is 0 Å². The molecule has 5 heteroatoms. The number of methoxy groups -OCH3 is 1. The zero-order chi connectivity index (χ0) is 16.2. The number of carbonyl (C=O) groups excluding carboxylic acids is 1. The number of carbonyl (C=O) groups is 1. The maximum absolute atomic E-state index is 12.3. The average molecular weight is 311 g/mol. The molecule has 0 bridgehead atoms. The molecular formula is C18H21N3O2. The summed E-state index contributed by atoms with van der Waals surface area (Å²) in [6.45, 7) is 1.19. The number of nitrogens with two attached hydrogens (primary N) is 1. The van der Waals surface area contributed by atoms with Gasteiger partial charge in [-0.2, -0.15) is 0 Å². The van der Waals surface area contributed by atoms with Crippen LogP contribution in [0.25, 0.3) is 0 Å². The molecule has 1 aliphatic heterocycles. The topological polar surface area (TPSA) is 67.6 Å². The summed E-state index contributed by atoms with van der Waals surface area (Å²) in [7, 11) is 1.62. The van der Waals surface area contributed by atoms with Crippen LogP contribution in [0.3, 0.4) is 0 Å². The van der Waals surface area contributed by atoms with E-state index in [-0.39, 0.29) is 5.91 Å². The molecule has 2 aromatic rings. The van der Waals surface area contributed by atoms with Crippen molar-refractivity contribution in [2.45, 2.75) is 12.8 Å². The minimum Gasteiger partial charge on any atom is -0.497 e. The Morgan fingerprint density at radius 1 is 1.26 bits per heavy atom. The van der Waals surface area contributed by atoms with Gasteiger partial charge in [0.25, 0.3) is 0 Å². The third kappa shape index (κ3) is 3.39. The van der Waals surface area contributed by atoms with Gasteiger partial charge in [0.1, 0.15) is 5.75 Å². The summed E-state index contributed by atoms with van der Waals surface area (Å²) in [4.78, 5) is 14.4. The Kier molecular flexibility index (Phi) is 4.37. The molecule has 0 fully saturated rings. The standard InChI is InChI=1S/C18H21N3O2/c1-23-14-9-7-13(8-10-14)20-18(22)12-21-11-3-4-15-16(19)5-2-6-17(15)21/h2,5-10H,3-4,11-12,19H2,1H3,(H,20,22). The van der Waals surface area contributed by atoms with Crippen molar-refractivity contribution in [1.29, 1.82) is 0 Å². The lowest BCUT2D eigenvalue weighted by Crippen LogP contribution is -2.37. The summed E-state index contributed by atoms with van der Waals surface area (Å²) >= 11 is 0. The number of amides is 1. The number of nitrogens with zero attached hydrogens (tertiary/aromatic N) is 1. The Balaban J connectivity index is 1.68. The molecule has 1 heterocycles. The predicted molar refractivity (Wildman–Crippen MR) is 93.0 cm³/mol. The van der Waals surface area contributed by atoms with Crippen LogP contribution in [-0.2, 0) is 11.2 Å². The van der Waals surface area contributed by atoms with Gasteiger partial charge in [-0.05, 0) is 54.8 Å². The molecule has 0 aliphatic carbocycles. The molecule has 0 unspecified atom stereocenters. The Morgan fingerprint density at radius 2 is 2.04 bits per heavy atom. The summed E-state index contributed by atoms with van der Waals surface area (Å²) in [5.74, 6) is 0.730. The lowest BCUT2D eigenvalue weighted by Gasteiger charge is -2.31. The molecule has 1 amide bonds. The van der Waals surface area contributed by atoms with Crippen LogP contribution in [0.5, 0.6) is 5.75 Å². The van der Waals surface area contributed by atoms with Crippen LogP contribution in [-0.4, -0.2) is 26.1 Å². The van der Waals surface area contributed by atoms with E-state index in [1.54, 1.807) is 7.11 Å². The first-order valence-electron chi connectivity index (χ1n) is 7.73. The zero-order valence-corrected chi connectivity index (χ0v) is 13.2. The van der Waals surface area contributed by atoms with E-state index in [9.17, 15) is 4.79 Å². The molecule has 0 spiro atoms. The van der Waals surface area contributed by atoms with Gasteiger partial charge >= 0.3 is 0 Å². The van der Waals surface area contributed by atoms with Crippen molar-refractivity contribution in [3.05, 3.63) is 48.0 Å². The third-order valence-corrected chi connectivity index (χ3v) is 4.09. The second kappa shape index (κ2) is 6.60. The number of ether oxygens (including phenoxy) is 1. The lowest BCUT2D eigenvalue weighted by molar-refractivity contribution is -0.115. The first kappa shape index (κ1) is 15.2. The fourth-order valence-electron chi connectivity index (χ4n) is 2.94. The van der Waals surface area contributed by atoms with E-state index in [0.717, 1.165) is 47.8 Å². The fraction of sp³-hybridized carbons (Fsp3) is 0.278. The molecular weight excluding hydrogens is 290 g/mol. The number of rotatable bonds is 4. The van der Waals surface area contributed by atoms with Crippen LogP contribution in [0.4, 0.5) is 17.1 Å². The van der Waals surface area contributed by atoms with E-state index in [1.165, 1.54) is 0 Å². The maximum Gasteiger partial charge on any atom is 0.243 e. The molecule has 0 saturated heterocycles. The summed E-state index contributed by atoms with van der Waals surface area (Å²) in [6, 6.07) is 13.2. The number of benzene rings is 2. The highest BCUT2D eigenvalue weighted by atomic mass is 16.5. The third-order valence-electron chi connectivity index (χ3n) is 4.09. The Morgan fingerprint density at radius 3 is 2.78 bits per heavy atom. The van der Waals surface area contributed by atoms with Crippen LogP contribution in [0, 0.1) is 0 Å². The smallest absolute Gasteiger partial charge is 0.243 e. The molecule has 0 radical (unpaired) electrons. The molecule has 3 rings (SSSR count). The Bertz CT molecular complexity index is 698. The number of nitrogens with one attached hydrogen (secondary N) is 1. The highest BCUT2D eigenvalue weighted by molar-refractivity contribution is 5.94. The lowest BCUT2D eigenvalue weighted by atomic mass is 10.00. The van der Waals surface area contributed by atoms with Crippen molar-refractivity contribution < 1.29 is 9.53 Å². The van der Waals surface area contributed by atoms with Crippen molar-refractivity contribution in [1.82, 2.24) is 0 Å². The van der Waals surface area contributed by atoms with Gasteiger partial charge in [0.05, 0.1) is 13.7 Å². The van der Waals surface area contributed by atoms with E-state index in [2.05, 4.69) is 10.2 Å². The van der Waals surface area contributed by atoms with Crippen LogP contribution < -0.4 is 20.7 Å². The normalized spacial score (nSPS) is 13.3. The molecule has 0 aromatic heterocycles. The van der Waals surface area contributed by atoms with Gasteiger partial charge in [0, 0.05) is 23.6 Å². The molecule has 1 aliphatic rings. The Hall–Kier alpha value is -2.69. The van der Waals surface area contributed by atoms with Crippen LogP contribution in [0.2, 0.25) is 0 Å². The summed E-state index contributed by atoms with van der Waals surface area (Å²) in [5, 5.41) is 2.92. The number of nitrogen functional groups attached to an aromatic ring is 1. The monoisotopic (exact) mass is 311 g/mol. The van der Waals surface area contributed by atoms with E-state index in [0.29, 0.717) is 6.54 Å². The van der Waals surface area contributed by atoms with Crippen LogP contribution >= 0.6 is 0 Å².